The highest BCUT2D eigenvalue weighted by atomic mass is 32.2. The molecule has 0 aliphatic heterocycles. The van der Waals surface area contributed by atoms with Crippen molar-refractivity contribution in [2.24, 2.45) is 0 Å². The maximum atomic E-state index is 12.9. The zero-order chi connectivity index (χ0) is 20.3. The summed E-state index contributed by atoms with van der Waals surface area (Å²) in [5.74, 6) is 0. The van der Waals surface area contributed by atoms with E-state index >= 15 is 0 Å². The molecule has 0 unspecified atom stereocenters. The molecule has 4 nitrogen and oxygen atoms in total. The molecule has 0 amide bonds. The summed E-state index contributed by atoms with van der Waals surface area (Å²) >= 11 is 0. The Morgan fingerprint density at radius 3 is 2.52 bits per heavy atom. The summed E-state index contributed by atoms with van der Waals surface area (Å²) in [5, 5.41) is 4.67. The monoisotopic (exact) mass is 404 g/mol. The standard InChI is InChI=1S/C24H24N2O2S/c1-18-9-11-21(12-10-18)29(27,28)22-6-4-5-19(15-22)16-25-14-13-20-17-26-24-8-3-2-7-23(20)24/h2-12,15,17,25-26H,13-14,16H2,1H3. The lowest BCUT2D eigenvalue weighted by atomic mass is 10.1. The lowest BCUT2D eigenvalue weighted by Gasteiger charge is -2.09. The molecular formula is C24H24N2O2S. The van der Waals surface area contributed by atoms with Crippen LogP contribution >= 0.6 is 0 Å². The van der Waals surface area contributed by atoms with Crippen molar-refractivity contribution < 1.29 is 8.42 Å². The molecule has 148 valence electrons. The summed E-state index contributed by atoms with van der Waals surface area (Å²) in [6.07, 6.45) is 2.96. The highest BCUT2D eigenvalue weighted by molar-refractivity contribution is 7.91. The SMILES string of the molecule is Cc1ccc(S(=O)(=O)c2cccc(CNCCc3c[nH]c4ccccc34)c2)cc1. The van der Waals surface area contributed by atoms with Crippen LogP contribution in [0.5, 0.6) is 0 Å². The second-order valence-electron chi connectivity index (χ2n) is 7.25. The first kappa shape index (κ1) is 19.4. The Kier molecular flexibility index (Phi) is 5.51. The van der Waals surface area contributed by atoms with Gasteiger partial charge in [-0.25, -0.2) is 8.42 Å². The molecule has 4 aromatic rings. The Balaban J connectivity index is 1.41. The molecule has 29 heavy (non-hydrogen) atoms. The first-order chi connectivity index (χ1) is 14.0. The van der Waals surface area contributed by atoms with Crippen LogP contribution in [0, 0.1) is 6.92 Å². The molecule has 2 N–H and O–H groups in total. The van der Waals surface area contributed by atoms with Gasteiger partial charge in [0.2, 0.25) is 9.84 Å². The van der Waals surface area contributed by atoms with Crippen molar-refractivity contribution in [1.29, 1.82) is 0 Å². The predicted octanol–water partition coefficient (Wildman–Crippen LogP) is 4.64. The number of rotatable bonds is 7. The van der Waals surface area contributed by atoms with E-state index in [1.54, 1.807) is 30.3 Å². The van der Waals surface area contributed by atoms with Gasteiger partial charge < -0.3 is 10.3 Å². The Labute approximate surface area is 171 Å². The van der Waals surface area contributed by atoms with Gasteiger partial charge in [0, 0.05) is 23.6 Å². The average molecular weight is 405 g/mol. The first-order valence-corrected chi connectivity index (χ1v) is 11.2. The van der Waals surface area contributed by atoms with Gasteiger partial charge in [0.05, 0.1) is 9.79 Å². The fourth-order valence-corrected chi connectivity index (χ4v) is 4.80. The third-order valence-electron chi connectivity index (χ3n) is 5.12. The van der Waals surface area contributed by atoms with E-state index in [9.17, 15) is 8.42 Å². The van der Waals surface area contributed by atoms with Crippen LogP contribution < -0.4 is 5.32 Å². The number of para-hydroxylation sites is 1. The number of aryl methyl sites for hydroxylation is 1. The van der Waals surface area contributed by atoms with Crippen LogP contribution in [-0.4, -0.2) is 19.9 Å². The van der Waals surface area contributed by atoms with Crippen molar-refractivity contribution >= 4 is 20.7 Å². The quantitative estimate of drug-likeness (QED) is 0.441. The van der Waals surface area contributed by atoms with Crippen LogP contribution in [0.4, 0.5) is 0 Å². The normalized spacial score (nSPS) is 11.8. The zero-order valence-corrected chi connectivity index (χ0v) is 17.2. The topological polar surface area (TPSA) is 62.0 Å². The number of fused-ring (bicyclic) bond motifs is 1. The molecule has 1 heterocycles. The Hall–Kier alpha value is -2.89. The lowest BCUT2D eigenvalue weighted by Crippen LogP contribution is -2.16. The van der Waals surface area contributed by atoms with E-state index in [2.05, 4.69) is 28.6 Å². The van der Waals surface area contributed by atoms with E-state index in [0.29, 0.717) is 16.3 Å². The van der Waals surface area contributed by atoms with E-state index in [1.807, 2.05) is 37.3 Å². The van der Waals surface area contributed by atoms with Crippen LogP contribution in [0.3, 0.4) is 0 Å². The smallest absolute Gasteiger partial charge is 0.206 e. The minimum absolute atomic E-state index is 0.326. The maximum Gasteiger partial charge on any atom is 0.206 e. The number of aromatic amines is 1. The van der Waals surface area contributed by atoms with E-state index in [0.717, 1.165) is 29.6 Å². The van der Waals surface area contributed by atoms with Crippen molar-refractivity contribution in [3.8, 4) is 0 Å². The summed E-state index contributed by atoms with van der Waals surface area (Å²) in [5.41, 5.74) is 4.43. The van der Waals surface area contributed by atoms with Gasteiger partial charge in [-0.2, -0.15) is 0 Å². The molecule has 0 aliphatic rings. The van der Waals surface area contributed by atoms with Crippen LogP contribution in [-0.2, 0) is 22.8 Å². The highest BCUT2D eigenvalue weighted by Gasteiger charge is 2.17. The number of sulfone groups is 1. The number of nitrogens with one attached hydrogen (secondary N) is 2. The molecule has 0 aliphatic carbocycles. The van der Waals surface area contributed by atoms with Gasteiger partial charge >= 0.3 is 0 Å². The summed E-state index contributed by atoms with van der Waals surface area (Å²) in [7, 11) is -3.50. The number of hydrogen-bond acceptors (Lipinski definition) is 3. The predicted molar refractivity (Wildman–Crippen MR) is 117 cm³/mol. The van der Waals surface area contributed by atoms with Crippen LogP contribution in [0.2, 0.25) is 0 Å². The van der Waals surface area contributed by atoms with E-state index < -0.39 is 9.84 Å². The third-order valence-corrected chi connectivity index (χ3v) is 6.88. The van der Waals surface area contributed by atoms with Crippen LogP contribution in [0.25, 0.3) is 10.9 Å². The number of aromatic nitrogens is 1. The van der Waals surface area contributed by atoms with Gasteiger partial charge in [-0.3, -0.25) is 0 Å². The molecule has 0 bridgehead atoms. The molecule has 0 atom stereocenters. The fourth-order valence-electron chi connectivity index (χ4n) is 3.47. The van der Waals surface area contributed by atoms with Gasteiger partial charge in [-0.1, -0.05) is 48.0 Å². The van der Waals surface area contributed by atoms with Gasteiger partial charge in [-0.05, 0) is 61.3 Å². The van der Waals surface area contributed by atoms with Crippen molar-refractivity contribution in [1.82, 2.24) is 10.3 Å². The van der Waals surface area contributed by atoms with Crippen LogP contribution in [0.15, 0.2) is 88.8 Å². The summed E-state index contributed by atoms with van der Waals surface area (Å²) < 4.78 is 25.8. The fraction of sp³-hybridized carbons (Fsp3) is 0.167. The first-order valence-electron chi connectivity index (χ1n) is 9.70. The van der Waals surface area contributed by atoms with Gasteiger partial charge in [0.25, 0.3) is 0 Å². The largest absolute Gasteiger partial charge is 0.361 e. The molecule has 5 heteroatoms. The number of H-pyrrole nitrogens is 1. The van der Waals surface area contributed by atoms with Crippen molar-refractivity contribution in [3.63, 3.8) is 0 Å². The Morgan fingerprint density at radius 1 is 0.897 bits per heavy atom. The zero-order valence-electron chi connectivity index (χ0n) is 16.4. The molecule has 1 aromatic heterocycles. The second kappa shape index (κ2) is 8.23. The average Bonchev–Trinajstić information content (AvgIpc) is 3.15. The molecule has 0 radical (unpaired) electrons. The minimum atomic E-state index is -3.50. The van der Waals surface area contributed by atoms with Crippen molar-refractivity contribution in [2.75, 3.05) is 6.54 Å². The number of hydrogen-bond donors (Lipinski definition) is 2. The Morgan fingerprint density at radius 2 is 1.69 bits per heavy atom. The van der Waals surface area contributed by atoms with Gasteiger partial charge in [-0.15, -0.1) is 0 Å². The van der Waals surface area contributed by atoms with Gasteiger partial charge in [0.15, 0.2) is 0 Å². The van der Waals surface area contributed by atoms with E-state index in [1.165, 1.54) is 10.9 Å². The molecule has 0 spiro atoms. The molecule has 4 rings (SSSR count). The summed E-state index contributed by atoms with van der Waals surface area (Å²) in [6, 6.07) is 22.4. The Bertz CT molecular complexity index is 1230. The summed E-state index contributed by atoms with van der Waals surface area (Å²) in [4.78, 5) is 3.95. The number of benzene rings is 3. The molecule has 0 saturated carbocycles. The van der Waals surface area contributed by atoms with E-state index in [4.69, 9.17) is 0 Å². The maximum absolute atomic E-state index is 12.9. The van der Waals surface area contributed by atoms with Crippen molar-refractivity contribution in [3.05, 3.63) is 95.7 Å². The lowest BCUT2D eigenvalue weighted by molar-refractivity contribution is 0.595. The highest BCUT2D eigenvalue weighted by Crippen LogP contribution is 2.22. The van der Waals surface area contributed by atoms with Crippen molar-refractivity contribution in [2.45, 2.75) is 29.7 Å². The molecular weight excluding hydrogens is 380 g/mol. The molecule has 3 aromatic carbocycles. The third kappa shape index (κ3) is 4.26. The van der Waals surface area contributed by atoms with Gasteiger partial charge in [0.1, 0.15) is 0 Å². The second-order valence-corrected chi connectivity index (χ2v) is 9.20. The van der Waals surface area contributed by atoms with E-state index in [-0.39, 0.29) is 0 Å². The minimum Gasteiger partial charge on any atom is -0.361 e. The van der Waals surface area contributed by atoms with Crippen LogP contribution in [0.1, 0.15) is 16.7 Å². The summed E-state index contributed by atoms with van der Waals surface area (Å²) in [6.45, 7) is 3.38. The molecule has 0 fully saturated rings. The molecule has 0 saturated heterocycles.